The zero-order valence-electron chi connectivity index (χ0n) is 11.9. The molecule has 0 N–H and O–H groups in total. The molecule has 1 heterocycles. The van der Waals surface area contributed by atoms with Crippen LogP contribution in [0.25, 0.3) is 11.0 Å². The van der Waals surface area contributed by atoms with E-state index in [0.29, 0.717) is 12.1 Å². The van der Waals surface area contributed by atoms with Crippen LogP contribution in [0.4, 0.5) is 0 Å². The van der Waals surface area contributed by atoms with Crippen molar-refractivity contribution in [2.45, 2.75) is 19.8 Å². The van der Waals surface area contributed by atoms with Crippen molar-refractivity contribution < 1.29 is 4.79 Å². The summed E-state index contributed by atoms with van der Waals surface area (Å²) in [5.41, 5.74) is 4.27. The number of benzene rings is 2. The van der Waals surface area contributed by atoms with Gasteiger partial charge in [-0.3, -0.25) is 9.78 Å². The normalized spacial score (nSPS) is 10.7. The second-order valence-corrected chi connectivity index (χ2v) is 5.01. The van der Waals surface area contributed by atoms with Crippen LogP contribution < -0.4 is 0 Å². The van der Waals surface area contributed by atoms with Gasteiger partial charge in [-0.15, -0.1) is 0 Å². The number of rotatable bonds is 4. The summed E-state index contributed by atoms with van der Waals surface area (Å²) in [4.78, 5) is 21.0. The Kier molecular flexibility index (Phi) is 3.73. The van der Waals surface area contributed by atoms with E-state index in [-0.39, 0.29) is 5.78 Å². The third-order valence-electron chi connectivity index (χ3n) is 3.53. The minimum absolute atomic E-state index is 0.00231. The van der Waals surface area contributed by atoms with E-state index in [0.717, 1.165) is 23.0 Å². The van der Waals surface area contributed by atoms with Gasteiger partial charge in [0.15, 0.2) is 5.78 Å². The molecule has 3 nitrogen and oxygen atoms in total. The van der Waals surface area contributed by atoms with Crippen molar-refractivity contribution in [1.82, 2.24) is 9.97 Å². The molecule has 0 aliphatic heterocycles. The van der Waals surface area contributed by atoms with Crippen molar-refractivity contribution in [3.05, 3.63) is 71.5 Å². The zero-order chi connectivity index (χ0) is 14.7. The van der Waals surface area contributed by atoms with Crippen molar-refractivity contribution in [3.63, 3.8) is 0 Å². The Hall–Kier alpha value is -2.55. The lowest BCUT2D eigenvalue weighted by atomic mass is 10.0. The molecule has 0 aliphatic rings. The molecule has 0 saturated heterocycles. The quantitative estimate of drug-likeness (QED) is 0.683. The summed E-state index contributed by atoms with van der Waals surface area (Å²) in [5.74, 6) is -0.00231. The molecule has 2 aromatic carbocycles. The average Bonchev–Trinajstić information content (AvgIpc) is 2.55. The zero-order valence-corrected chi connectivity index (χ0v) is 11.9. The molecule has 0 amide bonds. The van der Waals surface area contributed by atoms with Gasteiger partial charge >= 0.3 is 0 Å². The van der Waals surface area contributed by atoms with Crippen LogP contribution in [0.5, 0.6) is 0 Å². The van der Waals surface area contributed by atoms with Gasteiger partial charge in [-0.05, 0) is 29.7 Å². The van der Waals surface area contributed by atoms with Crippen LogP contribution in [0.3, 0.4) is 0 Å². The highest BCUT2D eigenvalue weighted by molar-refractivity contribution is 5.96. The van der Waals surface area contributed by atoms with Gasteiger partial charge in [-0.1, -0.05) is 43.3 Å². The molecule has 0 bridgehead atoms. The highest BCUT2D eigenvalue weighted by Gasteiger charge is 2.10. The third-order valence-corrected chi connectivity index (χ3v) is 3.53. The number of ketones is 1. The van der Waals surface area contributed by atoms with Crippen LogP contribution in [0.2, 0.25) is 0 Å². The van der Waals surface area contributed by atoms with Crippen LogP contribution in [0.15, 0.2) is 54.7 Å². The monoisotopic (exact) mass is 276 g/mol. The Bertz CT molecular complexity index is 779. The number of Topliss-reactive ketones (excluding diaryl/α,β-unsaturated/α-hetero) is 1. The molecule has 1 aromatic heterocycles. The molecule has 3 rings (SSSR count). The number of hydrogen-bond donors (Lipinski definition) is 0. The number of nitrogens with zero attached hydrogens (tertiary/aromatic N) is 2. The molecule has 0 aliphatic carbocycles. The van der Waals surface area contributed by atoms with Gasteiger partial charge in [0.2, 0.25) is 0 Å². The minimum atomic E-state index is -0.00231. The lowest BCUT2D eigenvalue weighted by Gasteiger charge is -2.03. The highest BCUT2D eigenvalue weighted by Crippen LogP contribution is 2.12. The molecule has 0 fully saturated rings. The van der Waals surface area contributed by atoms with Gasteiger partial charge in [0.05, 0.1) is 17.2 Å². The molecule has 0 saturated carbocycles. The maximum Gasteiger partial charge on any atom is 0.187 e. The van der Waals surface area contributed by atoms with Gasteiger partial charge in [0, 0.05) is 6.42 Å². The molecule has 104 valence electrons. The molecule has 3 heteroatoms. The van der Waals surface area contributed by atoms with E-state index in [1.54, 1.807) is 6.20 Å². The summed E-state index contributed by atoms with van der Waals surface area (Å²) >= 11 is 0. The summed E-state index contributed by atoms with van der Waals surface area (Å²) in [5, 5.41) is 0. The molecule has 0 radical (unpaired) electrons. The number of aromatic nitrogens is 2. The van der Waals surface area contributed by atoms with Gasteiger partial charge in [-0.25, -0.2) is 4.98 Å². The van der Waals surface area contributed by atoms with Gasteiger partial charge in [0.25, 0.3) is 0 Å². The maximum absolute atomic E-state index is 12.3. The first-order valence-electron chi connectivity index (χ1n) is 7.09. The largest absolute Gasteiger partial charge is 0.292 e. The maximum atomic E-state index is 12.3. The summed E-state index contributed by atoms with van der Waals surface area (Å²) in [6, 6.07) is 15.7. The first-order valence-corrected chi connectivity index (χ1v) is 7.09. The van der Waals surface area contributed by atoms with Gasteiger partial charge in [-0.2, -0.15) is 0 Å². The van der Waals surface area contributed by atoms with Crippen molar-refractivity contribution in [3.8, 4) is 0 Å². The Balaban J connectivity index is 1.82. The van der Waals surface area contributed by atoms with E-state index in [2.05, 4.69) is 29.0 Å². The summed E-state index contributed by atoms with van der Waals surface area (Å²) in [6.07, 6.45) is 2.92. The molecule has 21 heavy (non-hydrogen) atoms. The second-order valence-electron chi connectivity index (χ2n) is 5.01. The fraction of sp³-hybridized carbons (Fsp3) is 0.167. The van der Waals surface area contributed by atoms with E-state index < -0.39 is 0 Å². The van der Waals surface area contributed by atoms with Gasteiger partial charge in [0.1, 0.15) is 5.69 Å². The Labute approximate surface area is 123 Å². The first-order chi connectivity index (χ1) is 10.3. The fourth-order valence-electron chi connectivity index (χ4n) is 2.26. The number of fused-ring (bicyclic) bond motifs is 1. The minimum Gasteiger partial charge on any atom is -0.292 e. The predicted octanol–water partition coefficient (Wildman–Crippen LogP) is 3.62. The fourth-order valence-corrected chi connectivity index (χ4v) is 2.26. The van der Waals surface area contributed by atoms with E-state index in [4.69, 9.17) is 0 Å². The number of carbonyl (C=O) groups excluding carboxylic acids is 1. The number of carbonyl (C=O) groups is 1. The Morgan fingerprint density at radius 1 is 0.952 bits per heavy atom. The van der Waals surface area contributed by atoms with Crippen molar-refractivity contribution in [2.24, 2.45) is 0 Å². The van der Waals surface area contributed by atoms with Crippen molar-refractivity contribution in [1.29, 1.82) is 0 Å². The number of aryl methyl sites for hydroxylation is 1. The first kappa shape index (κ1) is 13.4. The Morgan fingerprint density at radius 2 is 1.62 bits per heavy atom. The Morgan fingerprint density at radius 3 is 2.33 bits per heavy atom. The molecule has 3 aromatic rings. The van der Waals surface area contributed by atoms with Gasteiger partial charge < -0.3 is 0 Å². The summed E-state index contributed by atoms with van der Waals surface area (Å²) in [6.45, 7) is 2.12. The van der Waals surface area contributed by atoms with Crippen LogP contribution in [0.1, 0.15) is 28.5 Å². The smallest absolute Gasteiger partial charge is 0.187 e. The van der Waals surface area contributed by atoms with Crippen LogP contribution in [-0.4, -0.2) is 15.8 Å². The predicted molar refractivity (Wildman–Crippen MR) is 83.4 cm³/mol. The third kappa shape index (κ3) is 2.97. The summed E-state index contributed by atoms with van der Waals surface area (Å²) < 4.78 is 0. The average molecular weight is 276 g/mol. The second kappa shape index (κ2) is 5.83. The lowest BCUT2D eigenvalue weighted by molar-refractivity contribution is 0.0988. The van der Waals surface area contributed by atoms with Crippen LogP contribution in [0, 0.1) is 0 Å². The SMILES string of the molecule is CCc1ccc(CC(=O)c2cnc3ccccc3n2)cc1. The standard InChI is InChI=1S/C18H16N2O/c1-2-13-7-9-14(10-8-13)11-18(21)17-12-19-15-5-3-4-6-16(15)20-17/h3-10,12H,2,11H2,1H3. The molecule has 0 spiro atoms. The molecule has 0 unspecified atom stereocenters. The molecular weight excluding hydrogens is 260 g/mol. The number of hydrogen-bond acceptors (Lipinski definition) is 3. The molecular formula is C18H16N2O. The van der Waals surface area contributed by atoms with E-state index in [1.807, 2.05) is 36.4 Å². The summed E-state index contributed by atoms with van der Waals surface area (Å²) in [7, 11) is 0. The molecule has 0 atom stereocenters. The van der Waals surface area contributed by atoms with Crippen LogP contribution >= 0.6 is 0 Å². The topological polar surface area (TPSA) is 42.9 Å². The van der Waals surface area contributed by atoms with Crippen LogP contribution in [-0.2, 0) is 12.8 Å². The highest BCUT2D eigenvalue weighted by atomic mass is 16.1. The number of para-hydroxylation sites is 2. The van der Waals surface area contributed by atoms with Crippen molar-refractivity contribution >= 4 is 16.8 Å². The van der Waals surface area contributed by atoms with E-state index in [1.165, 1.54) is 5.56 Å². The van der Waals surface area contributed by atoms with E-state index >= 15 is 0 Å². The lowest BCUT2D eigenvalue weighted by Crippen LogP contribution is -2.07. The van der Waals surface area contributed by atoms with E-state index in [9.17, 15) is 4.79 Å². The van der Waals surface area contributed by atoms with Crippen molar-refractivity contribution in [2.75, 3.05) is 0 Å².